The highest BCUT2D eigenvalue weighted by Crippen LogP contribution is 2.28. The standard InChI is InChI=1S/C18H19NO4S/c1-13(14-7-3-2-4-8-14)24(21,22)19-18(20)17-16-10-6-5-9-15(16)11-12-23-17/h2-10,13,17H,11-12H2,1H3,(H,19,20)/t13-,17-/m0/s1. The molecule has 0 aromatic heterocycles. The van der Waals surface area contributed by atoms with Gasteiger partial charge in [0.2, 0.25) is 10.0 Å². The lowest BCUT2D eigenvalue weighted by Crippen LogP contribution is -2.39. The molecule has 2 atom stereocenters. The van der Waals surface area contributed by atoms with Crippen LogP contribution in [0.1, 0.15) is 35.0 Å². The first kappa shape index (κ1) is 16.7. The molecule has 1 heterocycles. The second kappa shape index (κ2) is 6.75. The predicted octanol–water partition coefficient (Wildman–Crippen LogP) is 2.51. The van der Waals surface area contributed by atoms with Gasteiger partial charge in [0.05, 0.1) is 6.61 Å². The van der Waals surface area contributed by atoms with Crippen molar-refractivity contribution in [3.8, 4) is 0 Å². The Hall–Kier alpha value is -2.18. The van der Waals surface area contributed by atoms with Crippen molar-refractivity contribution in [1.29, 1.82) is 0 Å². The number of fused-ring (bicyclic) bond motifs is 1. The summed E-state index contributed by atoms with van der Waals surface area (Å²) < 4.78 is 32.7. The number of nitrogens with one attached hydrogen (secondary N) is 1. The molecule has 0 aliphatic carbocycles. The summed E-state index contributed by atoms with van der Waals surface area (Å²) in [7, 11) is -3.84. The van der Waals surface area contributed by atoms with Gasteiger partial charge in [0.15, 0.2) is 6.10 Å². The predicted molar refractivity (Wildman–Crippen MR) is 90.8 cm³/mol. The van der Waals surface area contributed by atoms with Gasteiger partial charge in [-0.2, -0.15) is 0 Å². The van der Waals surface area contributed by atoms with Crippen molar-refractivity contribution < 1.29 is 17.9 Å². The number of ether oxygens (including phenoxy) is 1. The zero-order chi connectivity index (χ0) is 17.2. The summed E-state index contributed by atoms with van der Waals surface area (Å²) in [4.78, 5) is 12.5. The van der Waals surface area contributed by atoms with Crippen LogP contribution in [0.25, 0.3) is 0 Å². The molecule has 1 aliphatic rings. The molecule has 0 fully saturated rings. The van der Waals surface area contributed by atoms with Gasteiger partial charge < -0.3 is 4.74 Å². The molecule has 0 bridgehead atoms. The highest BCUT2D eigenvalue weighted by atomic mass is 32.2. The van der Waals surface area contributed by atoms with Gasteiger partial charge in [-0.3, -0.25) is 9.52 Å². The second-order valence-corrected chi connectivity index (χ2v) is 7.77. The van der Waals surface area contributed by atoms with Crippen LogP contribution in [0, 0.1) is 0 Å². The van der Waals surface area contributed by atoms with Crippen molar-refractivity contribution in [2.24, 2.45) is 0 Å². The van der Waals surface area contributed by atoms with Crippen molar-refractivity contribution in [2.45, 2.75) is 24.7 Å². The summed E-state index contributed by atoms with van der Waals surface area (Å²) in [6.07, 6.45) is -0.180. The zero-order valence-corrected chi connectivity index (χ0v) is 14.1. The number of hydrogen-bond acceptors (Lipinski definition) is 4. The summed E-state index contributed by atoms with van der Waals surface area (Å²) in [5.41, 5.74) is 2.36. The Balaban J connectivity index is 1.80. The zero-order valence-electron chi connectivity index (χ0n) is 13.3. The third kappa shape index (κ3) is 3.34. The molecule has 5 nitrogen and oxygen atoms in total. The molecule has 3 rings (SSSR count). The van der Waals surface area contributed by atoms with E-state index < -0.39 is 27.3 Å². The van der Waals surface area contributed by atoms with Crippen LogP contribution in [-0.2, 0) is 26.0 Å². The fourth-order valence-corrected chi connectivity index (χ4v) is 3.88. The number of amides is 1. The van der Waals surface area contributed by atoms with E-state index in [0.717, 1.165) is 11.1 Å². The van der Waals surface area contributed by atoms with Gasteiger partial charge >= 0.3 is 0 Å². The number of carbonyl (C=O) groups is 1. The van der Waals surface area contributed by atoms with Crippen LogP contribution in [-0.4, -0.2) is 20.9 Å². The Morgan fingerprint density at radius 1 is 1.12 bits per heavy atom. The fraction of sp³-hybridized carbons (Fsp3) is 0.278. The third-order valence-corrected chi connectivity index (χ3v) is 5.90. The van der Waals surface area contributed by atoms with Crippen LogP contribution in [0.3, 0.4) is 0 Å². The first-order valence-corrected chi connectivity index (χ1v) is 9.33. The van der Waals surface area contributed by atoms with Crippen LogP contribution < -0.4 is 4.72 Å². The van der Waals surface area contributed by atoms with Crippen molar-refractivity contribution in [3.05, 3.63) is 71.3 Å². The average Bonchev–Trinajstić information content (AvgIpc) is 2.61. The molecule has 0 saturated carbocycles. The van der Waals surface area contributed by atoms with Crippen molar-refractivity contribution in [1.82, 2.24) is 4.72 Å². The fourth-order valence-electron chi connectivity index (χ4n) is 2.80. The summed E-state index contributed by atoms with van der Waals surface area (Å²) in [5, 5.41) is -0.832. The molecular formula is C18H19NO4S. The summed E-state index contributed by atoms with van der Waals surface area (Å²) >= 11 is 0. The lowest BCUT2D eigenvalue weighted by Gasteiger charge is -2.25. The lowest BCUT2D eigenvalue weighted by atomic mass is 9.97. The normalized spacial score (nSPS) is 18.5. The van der Waals surface area contributed by atoms with Crippen LogP contribution in [0.15, 0.2) is 54.6 Å². The lowest BCUT2D eigenvalue weighted by molar-refractivity contribution is -0.132. The van der Waals surface area contributed by atoms with E-state index in [9.17, 15) is 13.2 Å². The van der Waals surface area contributed by atoms with E-state index in [1.165, 1.54) is 0 Å². The molecule has 0 radical (unpaired) electrons. The molecule has 1 aliphatic heterocycles. The third-order valence-electron chi connectivity index (χ3n) is 4.21. The topological polar surface area (TPSA) is 72.5 Å². The molecule has 126 valence electrons. The van der Waals surface area contributed by atoms with E-state index in [0.29, 0.717) is 18.6 Å². The second-order valence-electron chi connectivity index (χ2n) is 5.76. The molecule has 0 unspecified atom stereocenters. The average molecular weight is 345 g/mol. The van der Waals surface area contributed by atoms with Gasteiger partial charge in [-0.15, -0.1) is 0 Å². The highest BCUT2D eigenvalue weighted by Gasteiger charge is 2.32. The smallest absolute Gasteiger partial charge is 0.267 e. The van der Waals surface area contributed by atoms with E-state index in [-0.39, 0.29) is 0 Å². The maximum absolute atomic E-state index is 12.5. The number of carbonyl (C=O) groups excluding carboxylic acids is 1. The van der Waals surface area contributed by atoms with Crippen molar-refractivity contribution >= 4 is 15.9 Å². The minimum absolute atomic E-state index is 0.392. The molecule has 6 heteroatoms. The van der Waals surface area contributed by atoms with Gasteiger partial charge in [-0.1, -0.05) is 54.6 Å². The van der Waals surface area contributed by atoms with Crippen LogP contribution in [0.5, 0.6) is 0 Å². The Morgan fingerprint density at radius 3 is 2.54 bits per heavy atom. The molecule has 1 N–H and O–H groups in total. The van der Waals surface area contributed by atoms with E-state index in [1.54, 1.807) is 37.3 Å². The molecule has 0 spiro atoms. The summed E-state index contributed by atoms with van der Waals surface area (Å²) in [6.45, 7) is 1.95. The number of rotatable bonds is 4. The number of hydrogen-bond donors (Lipinski definition) is 1. The largest absolute Gasteiger partial charge is 0.363 e. The van der Waals surface area contributed by atoms with E-state index >= 15 is 0 Å². The maximum atomic E-state index is 12.5. The van der Waals surface area contributed by atoms with E-state index in [1.807, 2.05) is 24.3 Å². The Kier molecular flexibility index (Phi) is 4.69. The molecular weight excluding hydrogens is 326 g/mol. The number of sulfonamides is 1. The van der Waals surface area contributed by atoms with Gasteiger partial charge in [0, 0.05) is 0 Å². The summed E-state index contributed by atoms with van der Waals surface area (Å²) in [5.74, 6) is -0.648. The molecule has 2 aromatic rings. The SMILES string of the molecule is C[C@@H](c1ccccc1)S(=O)(=O)NC(=O)[C@H]1OCCc2ccccc21. The van der Waals surface area contributed by atoms with E-state index in [2.05, 4.69) is 4.72 Å². The summed E-state index contributed by atoms with van der Waals surface area (Å²) in [6, 6.07) is 16.2. The quantitative estimate of drug-likeness (QED) is 0.924. The molecule has 1 amide bonds. The van der Waals surface area contributed by atoms with Gasteiger partial charge in [0.1, 0.15) is 5.25 Å². The van der Waals surface area contributed by atoms with E-state index in [4.69, 9.17) is 4.74 Å². The van der Waals surface area contributed by atoms with Crippen molar-refractivity contribution in [3.63, 3.8) is 0 Å². The van der Waals surface area contributed by atoms with Gasteiger partial charge in [-0.05, 0) is 30.0 Å². The first-order chi connectivity index (χ1) is 11.5. The minimum Gasteiger partial charge on any atom is -0.363 e. The van der Waals surface area contributed by atoms with Gasteiger partial charge in [-0.25, -0.2) is 8.42 Å². The molecule has 0 saturated heterocycles. The molecule has 24 heavy (non-hydrogen) atoms. The Morgan fingerprint density at radius 2 is 1.79 bits per heavy atom. The maximum Gasteiger partial charge on any atom is 0.267 e. The van der Waals surface area contributed by atoms with Gasteiger partial charge in [0.25, 0.3) is 5.91 Å². The Labute approximate surface area is 141 Å². The minimum atomic E-state index is -3.84. The van der Waals surface area contributed by atoms with Crippen molar-refractivity contribution in [2.75, 3.05) is 6.61 Å². The van der Waals surface area contributed by atoms with Crippen LogP contribution in [0.4, 0.5) is 0 Å². The molecule has 2 aromatic carbocycles. The van der Waals surface area contributed by atoms with Crippen LogP contribution in [0.2, 0.25) is 0 Å². The first-order valence-electron chi connectivity index (χ1n) is 7.79. The monoisotopic (exact) mass is 345 g/mol. The Bertz CT molecular complexity index is 833. The van der Waals surface area contributed by atoms with Crippen LogP contribution >= 0.6 is 0 Å². The number of benzene rings is 2. The highest BCUT2D eigenvalue weighted by molar-refractivity contribution is 7.90.